The van der Waals surface area contributed by atoms with Crippen molar-refractivity contribution >= 4 is 23.4 Å². The minimum Gasteiger partial charge on any atom is -0.380 e. The fourth-order valence-electron chi connectivity index (χ4n) is 0.989. The third-order valence-corrected chi connectivity index (χ3v) is 2.40. The number of rotatable bonds is 3. The third kappa shape index (κ3) is 2.70. The lowest BCUT2D eigenvalue weighted by atomic mass is 10.2. The maximum atomic E-state index is 5.90. The van der Waals surface area contributed by atoms with Crippen molar-refractivity contribution in [1.82, 2.24) is 0 Å². The number of ether oxygens (including phenoxy) is 1. The summed E-state index contributed by atoms with van der Waals surface area (Å²) in [7, 11) is 1.68. The van der Waals surface area contributed by atoms with Gasteiger partial charge in [0.15, 0.2) is 0 Å². The highest BCUT2D eigenvalue weighted by atomic mass is 35.5. The molecular weight excluding hydrogens is 192 g/mol. The molecule has 66 valence electrons. The molecule has 0 aromatic heterocycles. The van der Waals surface area contributed by atoms with E-state index in [1.807, 2.05) is 18.4 Å². The van der Waals surface area contributed by atoms with E-state index in [4.69, 9.17) is 16.3 Å². The van der Waals surface area contributed by atoms with Crippen LogP contribution in [-0.4, -0.2) is 13.4 Å². The summed E-state index contributed by atoms with van der Waals surface area (Å²) in [4.78, 5) is 1.18. The van der Waals surface area contributed by atoms with Crippen molar-refractivity contribution in [2.45, 2.75) is 11.5 Å². The van der Waals surface area contributed by atoms with Gasteiger partial charge in [0.2, 0.25) is 0 Å². The lowest BCUT2D eigenvalue weighted by Gasteiger charge is -2.03. The van der Waals surface area contributed by atoms with Crippen LogP contribution in [0.3, 0.4) is 0 Å². The highest BCUT2D eigenvalue weighted by Gasteiger charge is 1.97. The number of benzene rings is 1. The van der Waals surface area contributed by atoms with Crippen LogP contribution >= 0.6 is 23.4 Å². The van der Waals surface area contributed by atoms with Gasteiger partial charge >= 0.3 is 0 Å². The van der Waals surface area contributed by atoms with Crippen LogP contribution in [0.2, 0.25) is 5.02 Å². The molecule has 0 heterocycles. The van der Waals surface area contributed by atoms with Gasteiger partial charge in [-0.2, -0.15) is 0 Å². The predicted molar refractivity (Wildman–Crippen MR) is 53.9 cm³/mol. The van der Waals surface area contributed by atoms with Crippen molar-refractivity contribution in [1.29, 1.82) is 0 Å². The predicted octanol–water partition coefficient (Wildman–Crippen LogP) is 3.21. The van der Waals surface area contributed by atoms with E-state index in [9.17, 15) is 0 Å². The van der Waals surface area contributed by atoms with Crippen LogP contribution in [0.25, 0.3) is 0 Å². The van der Waals surface area contributed by atoms with E-state index in [2.05, 4.69) is 6.07 Å². The molecule has 1 aromatic carbocycles. The Morgan fingerprint density at radius 3 is 2.75 bits per heavy atom. The average Bonchev–Trinajstić information content (AvgIpc) is 2.04. The summed E-state index contributed by atoms with van der Waals surface area (Å²) in [5.41, 5.74) is 1.12. The first kappa shape index (κ1) is 9.90. The summed E-state index contributed by atoms with van der Waals surface area (Å²) >= 11 is 7.58. The van der Waals surface area contributed by atoms with E-state index >= 15 is 0 Å². The fraction of sp³-hybridized carbons (Fsp3) is 0.333. The molecule has 0 saturated carbocycles. The third-order valence-electron chi connectivity index (χ3n) is 1.48. The monoisotopic (exact) mass is 202 g/mol. The summed E-state index contributed by atoms with van der Waals surface area (Å²) in [6.45, 7) is 0.619. The van der Waals surface area contributed by atoms with Crippen LogP contribution in [-0.2, 0) is 11.3 Å². The first-order valence-electron chi connectivity index (χ1n) is 3.58. The van der Waals surface area contributed by atoms with Crippen molar-refractivity contribution in [3.8, 4) is 0 Å². The number of methoxy groups -OCH3 is 1. The van der Waals surface area contributed by atoms with Gasteiger partial charge < -0.3 is 4.74 Å². The van der Waals surface area contributed by atoms with E-state index < -0.39 is 0 Å². The maximum Gasteiger partial charge on any atom is 0.0714 e. The van der Waals surface area contributed by atoms with Crippen molar-refractivity contribution < 1.29 is 4.74 Å². The van der Waals surface area contributed by atoms with E-state index in [0.717, 1.165) is 10.6 Å². The molecule has 0 saturated heterocycles. The summed E-state index contributed by atoms with van der Waals surface area (Å²) in [6, 6.07) is 5.95. The largest absolute Gasteiger partial charge is 0.380 e. The van der Waals surface area contributed by atoms with Gasteiger partial charge in [0.1, 0.15) is 0 Å². The van der Waals surface area contributed by atoms with Gasteiger partial charge in [-0.3, -0.25) is 0 Å². The van der Waals surface area contributed by atoms with Crippen LogP contribution in [0.15, 0.2) is 23.1 Å². The van der Waals surface area contributed by atoms with Crippen molar-refractivity contribution in [3.05, 3.63) is 28.8 Å². The van der Waals surface area contributed by atoms with Crippen molar-refractivity contribution in [2.75, 3.05) is 13.4 Å². The zero-order valence-electron chi connectivity index (χ0n) is 7.13. The van der Waals surface area contributed by atoms with Gasteiger partial charge in [-0.1, -0.05) is 11.6 Å². The smallest absolute Gasteiger partial charge is 0.0714 e. The molecule has 12 heavy (non-hydrogen) atoms. The highest BCUT2D eigenvalue weighted by Crippen LogP contribution is 2.22. The molecule has 0 aliphatic heterocycles. The van der Waals surface area contributed by atoms with Crippen LogP contribution < -0.4 is 0 Å². The molecule has 0 spiro atoms. The van der Waals surface area contributed by atoms with E-state index in [0.29, 0.717) is 6.61 Å². The normalized spacial score (nSPS) is 10.2. The minimum atomic E-state index is 0.619. The molecule has 0 radical (unpaired) electrons. The lowest BCUT2D eigenvalue weighted by molar-refractivity contribution is 0.184. The summed E-state index contributed by atoms with van der Waals surface area (Å²) in [5, 5.41) is 0.772. The summed E-state index contributed by atoms with van der Waals surface area (Å²) < 4.78 is 5.01. The van der Waals surface area contributed by atoms with Gasteiger partial charge in [0.25, 0.3) is 0 Å². The van der Waals surface area contributed by atoms with Crippen LogP contribution in [0.1, 0.15) is 5.56 Å². The van der Waals surface area contributed by atoms with Crippen LogP contribution in [0, 0.1) is 0 Å². The molecule has 0 fully saturated rings. The molecule has 1 rings (SSSR count). The van der Waals surface area contributed by atoms with Gasteiger partial charge in [0.05, 0.1) is 6.61 Å². The Bertz CT molecular complexity index is 263. The Hall–Kier alpha value is -0.180. The number of hydrogen-bond donors (Lipinski definition) is 0. The Kier molecular flexibility index (Phi) is 3.92. The SMILES string of the molecule is COCc1cc(Cl)cc(SC)c1. The van der Waals surface area contributed by atoms with E-state index in [-0.39, 0.29) is 0 Å². The first-order chi connectivity index (χ1) is 5.76. The fourth-order valence-corrected chi connectivity index (χ4v) is 1.83. The van der Waals surface area contributed by atoms with E-state index in [1.165, 1.54) is 4.90 Å². The average molecular weight is 203 g/mol. The van der Waals surface area contributed by atoms with Crippen LogP contribution in [0.4, 0.5) is 0 Å². The standard InChI is InChI=1S/C9H11ClOS/c1-11-6-7-3-8(10)5-9(4-7)12-2/h3-5H,6H2,1-2H3. The maximum absolute atomic E-state index is 5.90. The Morgan fingerprint density at radius 2 is 2.17 bits per heavy atom. The molecule has 1 aromatic rings. The van der Waals surface area contributed by atoms with Crippen LogP contribution in [0.5, 0.6) is 0 Å². The van der Waals surface area contributed by atoms with Crippen molar-refractivity contribution in [2.24, 2.45) is 0 Å². The summed E-state index contributed by atoms with van der Waals surface area (Å²) in [6.07, 6.45) is 2.03. The minimum absolute atomic E-state index is 0.619. The Labute approximate surface area is 82.1 Å². The van der Waals surface area contributed by atoms with Crippen molar-refractivity contribution in [3.63, 3.8) is 0 Å². The lowest BCUT2D eigenvalue weighted by Crippen LogP contribution is -1.87. The molecule has 0 aliphatic carbocycles. The Morgan fingerprint density at radius 1 is 1.42 bits per heavy atom. The zero-order chi connectivity index (χ0) is 8.97. The van der Waals surface area contributed by atoms with E-state index in [1.54, 1.807) is 18.9 Å². The highest BCUT2D eigenvalue weighted by molar-refractivity contribution is 7.98. The van der Waals surface area contributed by atoms with Gasteiger partial charge in [0, 0.05) is 17.0 Å². The Balaban J connectivity index is 2.90. The molecular formula is C9H11ClOS. The molecule has 3 heteroatoms. The van der Waals surface area contributed by atoms with Gasteiger partial charge in [-0.15, -0.1) is 11.8 Å². The molecule has 0 bridgehead atoms. The molecule has 1 nitrogen and oxygen atoms in total. The zero-order valence-corrected chi connectivity index (χ0v) is 8.71. The second kappa shape index (κ2) is 4.75. The number of hydrogen-bond acceptors (Lipinski definition) is 2. The molecule has 0 amide bonds. The molecule has 0 unspecified atom stereocenters. The quantitative estimate of drug-likeness (QED) is 0.697. The van der Waals surface area contributed by atoms with Gasteiger partial charge in [-0.05, 0) is 30.0 Å². The molecule has 0 atom stereocenters. The summed E-state index contributed by atoms with van der Waals surface area (Å²) in [5.74, 6) is 0. The number of halogens is 1. The molecule has 0 aliphatic rings. The second-order valence-corrected chi connectivity index (χ2v) is 3.75. The van der Waals surface area contributed by atoms with Gasteiger partial charge in [-0.25, -0.2) is 0 Å². The topological polar surface area (TPSA) is 9.23 Å². The second-order valence-electron chi connectivity index (χ2n) is 2.43. The molecule has 0 N–H and O–H groups in total. The number of thioether (sulfide) groups is 1. The first-order valence-corrected chi connectivity index (χ1v) is 5.19.